The van der Waals surface area contributed by atoms with Gasteiger partial charge in [-0.15, -0.1) is 0 Å². The Morgan fingerprint density at radius 1 is 0.941 bits per heavy atom. The van der Waals surface area contributed by atoms with Crippen molar-refractivity contribution in [1.29, 1.82) is 0 Å². The highest BCUT2D eigenvalue weighted by Gasteiger charge is 2.27. The van der Waals surface area contributed by atoms with Crippen molar-refractivity contribution in [2.24, 2.45) is 0 Å². The van der Waals surface area contributed by atoms with Gasteiger partial charge in [0, 0.05) is 37.6 Å². The third-order valence-corrected chi connectivity index (χ3v) is 6.16. The number of benzene rings is 2. The first-order valence-corrected chi connectivity index (χ1v) is 11.2. The number of aromatic hydroxyl groups is 1. The molecule has 1 amide bonds. The van der Waals surface area contributed by atoms with Crippen LogP contribution in [0.5, 0.6) is 5.75 Å². The number of hydrogen-bond donors (Lipinski definition) is 1. The van der Waals surface area contributed by atoms with Crippen molar-refractivity contribution < 1.29 is 9.90 Å². The van der Waals surface area contributed by atoms with E-state index in [4.69, 9.17) is 4.98 Å². The van der Waals surface area contributed by atoms with Crippen LogP contribution in [0.3, 0.4) is 0 Å². The molecular formula is C26H25N5O3. The largest absolute Gasteiger partial charge is 0.505 e. The van der Waals surface area contributed by atoms with Crippen molar-refractivity contribution in [3.05, 3.63) is 87.8 Å². The Bertz CT molecular complexity index is 1450. The summed E-state index contributed by atoms with van der Waals surface area (Å²) in [6.07, 6.45) is 0. The lowest BCUT2D eigenvalue weighted by molar-refractivity contribution is 0.0735. The summed E-state index contributed by atoms with van der Waals surface area (Å²) in [5.41, 5.74) is 2.98. The lowest BCUT2D eigenvalue weighted by Gasteiger charge is -2.35. The number of pyridine rings is 1. The van der Waals surface area contributed by atoms with Gasteiger partial charge in [-0.25, -0.2) is 4.98 Å². The van der Waals surface area contributed by atoms with Crippen molar-refractivity contribution in [2.45, 2.75) is 13.8 Å². The highest BCUT2D eigenvalue weighted by Crippen LogP contribution is 2.24. The van der Waals surface area contributed by atoms with Gasteiger partial charge in [0.05, 0.1) is 11.2 Å². The second-order valence-corrected chi connectivity index (χ2v) is 8.56. The van der Waals surface area contributed by atoms with Crippen molar-refractivity contribution in [3.63, 3.8) is 0 Å². The molecule has 0 bridgehead atoms. The first-order chi connectivity index (χ1) is 16.4. The normalized spacial score (nSPS) is 13.9. The topological polar surface area (TPSA) is 91.6 Å². The molecule has 1 aliphatic heterocycles. The zero-order valence-corrected chi connectivity index (χ0v) is 19.1. The van der Waals surface area contributed by atoms with Gasteiger partial charge in [-0.3, -0.25) is 9.59 Å². The summed E-state index contributed by atoms with van der Waals surface area (Å²) in [4.78, 5) is 34.2. The molecule has 172 valence electrons. The molecule has 3 heterocycles. The average molecular weight is 456 g/mol. The highest BCUT2D eigenvalue weighted by atomic mass is 16.3. The van der Waals surface area contributed by atoms with E-state index >= 15 is 0 Å². The van der Waals surface area contributed by atoms with Crippen LogP contribution >= 0.6 is 0 Å². The van der Waals surface area contributed by atoms with Gasteiger partial charge in [0.15, 0.2) is 11.4 Å². The van der Waals surface area contributed by atoms with E-state index in [0.717, 1.165) is 38.6 Å². The summed E-state index contributed by atoms with van der Waals surface area (Å²) in [6, 6.07) is 18.4. The number of aromatic nitrogens is 3. The van der Waals surface area contributed by atoms with Crippen LogP contribution in [0.2, 0.25) is 0 Å². The van der Waals surface area contributed by atoms with E-state index < -0.39 is 17.2 Å². The van der Waals surface area contributed by atoms with E-state index in [0.29, 0.717) is 31.9 Å². The Balaban J connectivity index is 1.36. The number of carbonyl (C=O) groups is 1. The molecule has 0 atom stereocenters. The molecule has 2 aromatic carbocycles. The lowest BCUT2D eigenvalue weighted by atomic mass is 10.1. The fourth-order valence-corrected chi connectivity index (χ4v) is 4.33. The molecular weight excluding hydrogens is 430 g/mol. The van der Waals surface area contributed by atoms with E-state index in [1.807, 2.05) is 37.3 Å². The van der Waals surface area contributed by atoms with Gasteiger partial charge >= 0.3 is 0 Å². The third-order valence-electron chi connectivity index (χ3n) is 6.16. The number of anilines is 1. The van der Waals surface area contributed by atoms with E-state index in [9.17, 15) is 14.7 Å². The van der Waals surface area contributed by atoms with Crippen molar-refractivity contribution in [2.75, 3.05) is 31.1 Å². The summed E-state index contributed by atoms with van der Waals surface area (Å²) in [5.74, 6) is 0.0756. The van der Waals surface area contributed by atoms with Gasteiger partial charge < -0.3 is 14.9 Å². The molecule has 0 unspecified atom stereocenters. The van der Waals surface area contributed by atoms with E-state index in [1.54, 1.807) is 17.0 Å². The van der Waals surface area contributed by atoms with Gasteiger partial charge in [0.1, 0.15) is 5.82 Å². The van der Waals surface area contributed by atoms with E-state index in [-0.39, 0.29) is 5.69 Å². The minimum Gasteiger partial charge on any atom is -0.505 e. The van der Waals surface area contributed by atoms with Crippen LogP contribution in [0.15, 0.2) is 65.5 Å². The maximum Gasteiger partial charge on any atom is 0.278 e. The predicted octanol–water partition coefficient (Wildman–Crippen LogP) is 3.07. The zero-order valence-electron chi connectivity index (χ0n) is 19.1. The van der Waals surface area contributed by atoms with Crippen molar-refractivity contribution >= 4 is 22.6 Å². The molecule has 0 saturated carbocycles. The van der Waals surface area contributed by atoms with Crippen LogP contribution in [0.1, 0.15) is 21.6 Å². The Labute approximate surface area is 196 Å². The van der Waals surface area contributed by atoms with E-state index in [2.05, 4.69) is 29.1 Å². The van der Waals surface area contributed by atoms with Gasteiger partial charge in [-0.05, 0) is 49.2 Å². The summed E-state index contributed by atoms with van der Waals surface area (Å²) in [6.45, 7) is 6.11. The highest BCUT2D eigenvalue weighted by molar-refractivity contribution is 5.95. The molecule has 8 nitrogen and oxygen atoms in total. The van der Waals surface area contributed by atoms with Crippen molar-refractivity contribution in [3.8, 4) is 11.4 Å². The summed E-state index contributed by atoms with van der Waals surface area (Å²) in [5, 5.41) is 15.7. The fraction of sp³-hybridized carbons (Fsp3) is 0.231. The third kappa shape index (κ3) is 3.98. The minimum atomic E-state index is -0.498. The van der Waals surface area contributed by atoms with Gasteiger partial charge in [-0.1, -0.05) is 30.3 Å². The number of rotatable bonds is 3. The molecule has 5 rings (SSSR count). The van der Waals surface area contributed by atoms with Crippen LogP contribution in [0.4, 0.5) is 5.82 Å². The van der Waals surface area contributed by atoms with Crippen LogP contribution < -0.4 is 10.5 Å². The molecule has 4 aromatic rings. The molecule has 1 N–H and O–H groups in total. The van der Waals surface area contributed by atoms with Crippen LogP contribution in [0.25, 0.3) is 16.6 Å². The number of aryl methyl sites for hydroxylation is 2. The summed E-state index contributed by atoms with van der Waals surface area (Å²) >= 11 is 0. The first-order valence-electron chi connectivity index (χ1n) is 11.2. The first kappa shape index (κ1) is 21.6. The number of fused-ring (bicyclic) bond motifs is 1. The van der Waals surface area contributed by atoms with Gasteiger partial charge in [0.2, 0.25) is 0 Å². The fourth-order valence-electron chi connectivity index (χ4n) is 4.33. The lowest BCUT2D eigenvalue weighted by Crippen LogP contribution is -2.49. The van der Waals surface area contributed by atoms with E-state index in [1.165, 1.54) is 0 Å². The maximum atomic E-state index is 13.2. The zero-order chi connectivity index (χ0) is 23.8. The second kappa shape index (κ2) is 8.62. The number of nitrogens with zero attached hydrogens (tertiary/aromatic N) is 5. The molecule has 0 radical (unpaired) electrons. The predicted molar refractivity (Wildman–Crippen MR) is 131 cm³/mol. The number of para-hydroxylation sites is 1. The maximum absolute atomic E-state index is 13.2. The Morgan fingerprint density at radius 3 is 2.47 bits per heavy atom. The number of amides is 1. The SMILES string of the molecule is Cc1cccc(-n2nc(C(=O)N3CCN(c4cc(C)c5ccccc5n4)CC3)c(O)cc2=O)c1. The van der Waals surface area contributed by atoms with Crippen molar-refractivity contribution in [1.82, 2.24) is 19.7 Å². The van der Waals surface area contributed by atoms with Gasteiger partial charge in [-0.2, -0.15) is 9.78 Å². The molecule has 0 aliphatic carbocycles. The van der Waals surface area contributed by atoms with Crippen LogP contribution in [-0.4, -0.2) is 56.9 Å². The molecule has 1 fully saturated rings. The molecule has 1 saturated heterocycles. The summed E-state index contributed by atoms with van der Waals surface area (Å²) < 4.78 is 1.15. The minimum absolute atomic E-state index is 0.130. The Hall–Kier alpha value is -4.20. The molecule has 34 heavy (non-hydrogen) atoms. The van der Waals surface area contributed by atoms with Gasteiger partial charge in [0.25, 0.3) is 11.5 Å². The number of piperazine rings is 1. The quantitative estimate of drug-likeness (QED) is 0.511. The van der Waals surface area contributed by atoms with Crippen LogP contribution in [0, 0.1) is 13.8 Å². The average Bonchev–Trinajstić information content (AvgIpc) is 2.84. The smallest absolute Gasteiger partial charge is 0.278 e. The number of carbonyl (C=O) groups excluding carboxylic acids is 1. The summed E-state index contributed by atoms with van der Waals surface area (Å²) in [7, 11) is 0. The monoisotopic (exact) mass is 455 g/mol. The Morgan fingerprint density at radius 2 is 1.71 bits per heavy atom. The number of hydrogen-bond acceptors (Lipinski definition) is 6. The molecule has 0 spiro atoms. The standard InChI is InChI=1S/C26H25N5O3/c1-17-6-5-7-19(14-17)31-24(33)16-22(32)25(28-31)26(34)30-12-10-29(11-13-30)23-15-18(2)20-8-3-4-9-21(20)27-23/h3-9,14-16,32H,10-13H2,1-2H3. The molecule has 1 aliphatic rings. The second-order valence-electron chi connectivity index (χ2n) is 8.56. The molecule has 8 heteroatoms. The Kier molecular flexibility index (Phi) is 5.49. The molecule has 2 aromatic heterocycles. The van der Waals surface area contributed by atoms with Crippen LogP contribution in [-0.2, 0) is 0 Å².